The van der Waals surface area contributed by atoms with Crippen molar-refractivity contribution >= 4 is 23.0 Å². The summed E-state index contributed by atoms with van der Waals surface area (Å²) in [6.07, 6.45) is 0.0926. The van der Waals surface area contributed by atoms with Gasteiger partial charge in [0.1, 0.15) is 5.75 Å². The molecular formula is C20H26N2O3S. The molecule has 0 aromatic heterocycles. The summed E-state index contributed by atoms with van der Waals surface area (Å²) in [5.74, 6) is 2.21. The van der Waals surface area contributed by atoms with Crippen molar-refractivity contribution in [1.82, 2.24) is 5.32 Å². The number of anilines is 1. The van der Waals surface area contributed by atoms with Gasteiger partial charge in [0.2, 0.25) is 0 Å². The second-order valence-electron chi connectivity index (χ2n) is 5.89. The molecule has 2 rings (SSSR count). The van der Waals surface area contributed by atoms with Crippen LogP contribution in [0.15, 0.2) is 42.5 Å². The first kappa shape index (κ1) is 19.8. The van der Waals surface area contributed by atoms with Gasteiger partial charge in [-0.15, -0.1) is 0 Å². The van der Waals surface area contributed by atoms with Gasteiger partial charge in [0, 0.05) is 6.54 Å². The third-order valence-corrected chi connectivity index (χ3v) is 3.73. The number of thiocarbonyl (C=S) groups is 1. The number of benzene rings is 2. The van der Waals surface area contributed by atoms with Crippen molar-refractivity contribution in [2.45, 2.75) is 33.4 Å². The molecule has 140 valence electrons. The van der Waals surface area contributed by atoms with Crippen LogP contribution < -0.4 is 24.8 Å². The van der Waals surface area contributed by atoms with Crippen molar-refractivity contribution in [2.75, 3.05) is 19.0 Å². The van der Waals surface area contributed by atoms with E-state index in [1.54, 1.807) is 7.11 Å². The monoisotopic (exact) mass is 374 g/mol. The van der Waals surface area contributed by atoms with Crippen molar-refractivity contribution in [2.24, 2.45) is 0 Å². The number of para-hydroxylation sites is 2. The van der Waals surface area contributed by atoms with Gasteiger partial charge in [-0.2, -0.15) is 0 Å². The molecule has 0 bridgehead atoms. The maximum atomic E-state index is 5.73. The molecule has 0 aliphatic carbocycles. The van der Waals surface area contributed by atoms with Crippen LogP contribution in [0.25, 0.3) is 0 Å². The van der Waals surface area contributed by atoms with E-state index in [1.165, 1.54) is 0 Å². The Balaban J connectivity index is 1.97. The summed E-state index contributed by atoms with van der Waals surface area (Å²) in [7, 11) is 1.64. The van der Waals surface area contributed by atoms with Crippen molar-refractivity contribution in [3.05, 3.63) is 48.0 Å². The SMILES string of the molecule is CCOc1ccccc1NC(=S)NCc1ccc(OC(C)C)c(OC)c1. The molecule has 6 heteroatoms. The second kappa shape index (κ2) is 9.87. The van der Waals surface area contributed by atoms with E-state index in [0.29, 0.717) is 24.0 Å². The van der Waals surface area contributed by atoms with E-state index in [-0.39, 0.29) is 6.10 Å². The minimum absolute atomic E-state index is 0.0926. The van der Waals surface area contributed by atoms with Crippen molar-refractivity contribution in [3.63, 3.8) is 0 Å². The summed E-state index contributed by atoms with van der Waals surface area (Å²) < 4.78 is 16.7. The topological polar surface area (TPSA) is 51.8 Å². The minimum atomic E-state index is 0.0926. The highest BCUT2D eigenvalue weighted by Gasteiger charge is 2.09. The summed E-state index contributed by atoms with van der Waals surface area (Å²) in [6, 6.07) is 13.6. The van der Waals surface area contributed by atoms with Crippen molar-refractivity contribution in [3.8, 4) is 17.2 Å². The molecule has 0 unspecified atom stereocenters. The summed E-state index contributed by atoms with van der Waals surface area (Å²) in [6.45, 7) is 7.09. The highest BCUT2D eigenvalue weighted by molar-refractivity contribution is 7.80. The van der Waals surface area contributed by atoms with Crippen LogP contribution in [0.2, 0.25) is 0 Å². The molecule has 2 aromatic carbocycles. The smallest absolute Gasteiger partial charge is 0.171 e. The Bertz CT molecular complexity index is 735. The normalized spacial score (nSPS) is 10.3. The van der Waals surface area contributed by atoms with Gasteiger partial charge >= 0.3 is 0 Å². The van der Waals surface area contributed by atoms with Gasteiger partial charge in [-0.25, -0.2) is 0 Å². The fourth-order valence-corrected chi connectivity index (χ4v) is 2.56. The van der Waals surface area contributed by atoms with Crippen LogP contribution >= 0.6 is 12.2 Å². The first-order valence-corrected chi connectivity index (χ1v) is 9.04. The molecule has 5 nitrogen and oxygen atoms in total. The zero-order chi connectivity index (χ0) is 18.9. The van der Waals surface area contributed by atoms with E-state index >= 15 is 0 Å². The zero-order valence-electron chi connectivity index (χ0n) is 15.7. The van der Waals surface area contributed by atoms with Crippen LogP contribution in [0.3, 0.4) is 0 Å². The van der Waals surface area contributed by atoms with E-state index in [9.17, 15) is 0 Å². The Labute approximate surface area is 160 Å². The molecule has 0 spiro atoms. The van der Waals surface area contributed by atoms with E-state index in [0.717, 1.165) is 22.7 Å². The van der Waals surface area contributed by atoms with E-state index in [2.05, 4.69) is 10.6 Å². The Morgan fingerprint density at radius 1 is 1.08 bits per heavy atom. The lowest BCUT2D eigenvalue weighted by molar-refractivity contribution is 0.230. The Morgan fingerprint density at radius 3 is 2.54 bits per heavy atom. The molecule has 0 radical (unpaired) electrons. The Kier molecular flexibility index (Phi) is 7.53. The number of methoxy groups -OCH3 is 1. The number of hydrogen-bond donors (Lipinski definition) is 2. The molecule has 0 saturated carbocycles. The summed E-state index contributed by atoms with van der Waals surface area (Å²) in [5.41, 5.74) is 1.88. The minimum Gasteiger partial charge on any atom is -0.493 e. The fraction of sp³-hybridized carbons (Fsp3) is 0.350. The lowest BCUT2D eigenvalue weighted by Crippen LogP contribution is -2.28. The van der Waals surface area contributed by atoms with Gasteiger partial charge in [0.25, 0.3) is 0 Å². The largest absolute Gasteiger partial charge is 0.493 e. The molecule has 0 heterocycles. The average Bonchev–Trinajstić information content (AvgIpc) is 2.62. The maximum absolute atomic E-state index is 5.73. The Hall–Kier alpha value is -2.47. The van der Waals surface area contributed by atoms with E-state index in [1.807, 2.05) is 63.2 Å². The van der Waals surface area contributed by atoms with Gasteiger partial charge in [0.05, 0.1) is 25.5 Å². The highest BCUT2D eigenvalue weighted by Crippen LogP contribution is 2.29. The van der Waals surface area contributed by atoms with Crippen LogP contribution in [-0.2, 0) is 6.54 Å². The number of hydrogen-bond acceptors (Lipinski definition) is 4. The van der Waals surface area contributed by atoms with Crippen molar-refractivity contribution in [1.29, 1.82) is 0 Å². The molecular weight excluding hydrogens is 348 g/mol. The molecule has 0 aliphatic rings. The predicted molar refractivity (Wildman–Crippen MR) is 109 cm³/mol. The number of rotatable bonds is 8. The van der Waals surface area contributed by atoms with Crippen LogP contribution in [0.4, 0.5) is 5.69 Å². The molecule has 0 amide bonds. The summed E-state index contributed by atoms with van der Waals surface area (Å²) in [4.78, 5) is 0. The molecule has 0 fully saturated rings. The first-order valence-electron chi connectivity index (χ1n) is 8.63. The number of ether oxygens (including phenoxy) is 3. The molecule has 0 atom stereocenters. The molecule has 26 heavy (non-hydrogen) atoms. The third kappa shape index (κ3) is 5.81. The molecule has 0 aliphatic heterocycles. The third-order valence-electron chi connectivity index (χ3n) is 3.48. The van der Waals surface area contributed by atoms with Gasteiger partial charge in [-0.05, 0) is 62.8 Å². The van der Waals surface area contributed by atoms with Gasteiger partial charge < -0.3 is 24.8 Å². The van der Waals surface area contributed by atoms with E-state index in [4.69, 9.17) is 26.4 Å². The Morgan fingerprint density at radius 2 is 1.85 bits per heavy atom. The van der Waals surface area contributed by atoms with Crippen LogP contribution in [0.1, 0.15) is 26.3 Å². The molecule has 0 saturated heterocycles. The first-order chi connectivity index (χ1) is 12.5. The lowest BCUT2D eigenvalue weighted by atomic mass is 10.2. The maximum Gasteiger partial charge on any atom is 0.171 e. The summed E-state index contributed by atoms with van der Waals surface area (Å²) >= 11 is 5.39. The highest BCUT2D eigenvalue weighted by atomic mass is 32.1. The second-order valence-corrected chi connectivity index (χ2v) is 6.30. The lowest BCUT2D eigenvalue weighted by Gasteiger charge is -2.16. The quantitative estimate of drug-likeness (QED) is 0.669. The van der Waals surface area contributed by atoms with Crippen LogP contribution in [0.5, 0.6) is 17.2 Å². The molecule has 2 N–H and O–H groups in total. The summed E-state index contributed by atoms with van der Waals surface area (Å²) in [5, 5.41) is 6.89. The zero-order valence-corrected chi connectivity index (χ0v) is 16.5. The van der Waals surface area contributed by atoms with E-state index < -0.39 is 0 Å². The van der Waals surface area contributed by atoms with Crippen molar-refractivity contribution < 1.29 is 14.2 Å². The van der Waals surface area contributed by atoms with Gasteiger partial charge in [-0.1, -0.05) is 18.2 Å². The average molecular weight is 375 g/mol. The van der Waals surface area contributed by atoms with Crippen LogP contribution in [-0.4, -0.2) is 24.9 Å². The van der Waals surface area contributed by atoms with Gasteiger partial charge in [0.15, 0.2) is 16.6 Å². The standard InChI is InChI=1S/C20H26N2O3S/c1-5-24-17-9-7-6-8-16(17)22-20(26)21-13-15-10-11-18(25-14(2)3)19(12-15)23-4/h6-12,14H,5,13H2,1-4H3,(H2,21,22,26). The predicted octanol–water partition coefficient (Wildman–Crippen LogP) is 4.37. The van der Waals surface area contributed by atoms with Gasteiger partial charge in [-0.3, -0.25) is 0 Å². The number of nitrogens with one attached hydrogen (secondary N) is 2. The van der Waals surface area contributed by atoms with Crippen LogP contribution in [0, 0.1) is 0 Å². The molecule has 2 aromatic rings. The fourth-order valence-electron chi connectivity index (χ4n) is 2.37.